The molecule has 0 aromatic carbocycles. The molecule has 1 atom stereocenters. The van der Waals surface area contributed by atoms with Crippen LogP contribution in [-0.4, -0.2) is 9.97 Å². The van der Waals surface area contributed by atoms with Gasteiger partial charge in [-0.25, -0.2) is 0 Å². The van der Waals surface area contributed by atoms with Crippen LogP contribution in [0.2, 0.25) is 0 Å². The van der Waals surface area contributed by atoms with Crippen LogP contribution in [0.3, 0.4) is 0 Å². The fraction of sp³-hybridized carbons (Fsp3) is 0.143. The predicted octanol–water partition coefficient (Wildman–Crippen LogP) is 3.27. The summed E-state index contributed by atoms with van der Waals surface area (Å²) in [5, 5.41) is 0. The van der Waals surface area contributed by atoms with Gasteiger partial charge in [-0.05, 0) is 35.4 Å². The summed E-state index contributed by atoms with van der Waals surface area (Å²) in [4.78, 5) is 8.41. The largest absolute Gasteiger partial charge is 0.265 e. The number of nitrogens with zero attached hydrogens (tertiary/aromatic N) is 2. The van der Waals surface area contributed by atoms with Crippen LogP contribution in [0, 0.1) is 0 Å². The summed E-state index contributed by atoms with van der Waals surface area (Å²) in [6, 6.07) is 8.06. The van der Waals surface area contributed by atoms with Crippen molar-refractivity contribution in [2.24, 2.45) is 0 Å². The third-order valence-electron chi connectivity index (χ3n) is 2.69. The first-order valence-corrected chi connectivity index (χ1v) is 5.29. The smallest absolute Gasteiger partial charge is 0.0481 e. The number of hydrogen-bond donors (Lipinski definition) is 0. The van der Waals surface area contributed by atoms with Crippen molar-refractivity contribution < 1.29 is 0 Å². The molecule has 0 saturated carbocycles. The Morgan fingerprint density at radius 2 is 1.94 bits per heavy atom. The van der Waals surface area contributed by atoms with Gasteiger partial charge < -0.3 is 0 Å². The maximum Gasteiger partial charge on any atom is 0.0481 e. The van der Waals surface area contributed by atoms with Crippen molar-refractivity contribution in [3.63, 3.8) is 0 Å². The van der Waals surface area contributed by atoms with Crippen LogP contribution < -0.4 is 0 Å². The van der Waals surface area contributed by atoms with Gasteiger partial charge in [0.25, 0.3) is 0 Å². The average molecular weight is 210 g/mol. The maximum absolute atomic E-state index is 4.40. The molecule has 2 nitrogen and oxygen atoms in total. The van der Waals surface area contributed by atoms with E-state index in [1.165, 1.54) is 5.56 Å². The van der Waals surface area contributed by atoms with E-state index in [1.807, 2.05) is 42.9 Å². The predicted molar refractivity (Wildman–Crippen MR) is 66.1 cm³/mol. The Labute approximate surface area is 95.7 Å². The van der Waals surface area contributed by atoms with Crippen molar-refractivity contribution in [1.82, 2.24) is 9.97 Å². The highest BCUT2D eigenvalue weighted by atomic mass is 14.7. The van der Waals surface area contributed by atoms with Crippen molar-refractivity contribution in [3.05, 3.63) is 66.3 Å². The van der Waals surface area contributed by atoms with E-state index >= 15 is 0 Å². The van der Waals surface area contributed by atoms with Crippen molar-refractivity contribution in [3.8, 4) is 0 Å². The van der Waals surface area contributed by atoms with Crippen molar-refractivity contribution in [2.75, 3.05) is 0 Å². The molecule has 2 aromatic rings. The number of rotatable bonds is 3. The summed E-state index contributed by atoms with van der Waals surface area (Å²) >= 11 is 0. The number of aromatic nitrogens is 2. The van der Waals surface area contributed by atoms with Crippen LogP contribution in [0.4, 0.5) is 0 Å². The van der Waals surface area contributed by atoms with Gasteiger partial charge >= 0.3 is 0 Å². The highest BCUT2D eigenvalue weighted by Crippen LogP contribution is 2.22. The van der Waals surface area contributed by atoms with E-state index in [4.69, 9.17) is 0 Å². The number of hydrogen-bond acceptors (Lipinski definition) is 2. The molecule has 0 N–H and O–H groups in total. The Balaban J connectivity index is 2.34. The highest BCUT2D eigenvalue weighted by Gasteiger charge is 2.09. The second-order valence-electron chi connectivity index (χ2n) is 3.72. The van der Waals surface area contributed by atoms with E-state index in [2.05, 4.69) is 29.5 Å². The van der Waals surface area contributed by atoms with Crippen LogP contribution in [0.1, 0.15) is 29.7 Å². The minimum Gasteiger partial charge on any atom is -0.265 e. The lowest BCUT2D eigenvalue weighted by Gasteiger charge is -2.11. The Morgan fingerprint density at radius 1 is 1.19 bits per heavy atom. The minimum atomic E-state index is 0.280. The lowest BCUT2D eigenvalue weighted by Crippen LogP contribution is -1.99. The SMILES string of the molecule is C=Cc1ccnc(C(C)c2ccncc2)c1. The zero-order valence-electron chi connectivity index (χ0n) is 9.30. The zero-order valence-corrected chi connectivity index (χ0v) is 9.30. The lowest BCUT2D eigenvalue weighted by atomic mass is 9.97. The topological polar surface area (TPSA) is 25.8 Å². The molecule has 0 amide bonds. The number of pyridine rings is 2. The Hall–Kier alpha value is -1.96. The normalized spacial score (nSPS) is 12.1. The summed E-state index contributed by atoms with van der Waals surface area (Å²) in [6.07, 6.45) is 7.28. The van der Waals surface area contributed by atoms with E-state index < -0.39 is 0 Å². The van der Waals surface area contributed by atoms with Crippen LogP contribution in [0.15, 0.2) is 49.4 Å². The molecule has 0 aliphatic carbocycles. The van der Waals surface area contributed by atoms with Crippen LogP contribution in [0.5, 0.6) is 0 Å². The van der Waals surface area contributed by atoms with E-state index in [0.717, 1.165) is 11.3 Å². The molecule has 0 spiro atoms. The molecule has 80 valence electrons. The fourth-order valence-corrected chi connectivity index (χ4v) is 1.65. The maximum atomic E-state index is 4.40. The third kappa shape index (κ3) is 2.16. The Morgan fingerprint density at radius 3 is 2.62 bits per heavy atom. The molecular formula is C14H14N2. The van der Waals surface area contributed by atoms with Crippen LogP contribution in [0.25, 0.3) is 6.08 Å². The second-order valence-corrected chi connectivity index (χ2v) is 3.72. The lowest BCUT2D eigenvalue weighted by molar-refractivity contribution is 0.867. The quantitative estimate of drug-likeness (QED) is 0.777. The van der Waals surface area contributed by atoms with Gasteiger partial charge in [0.2, 0.25) is 0 Å². The molecule has 2 heteroatoms. The average Bonchev–Trinajstić information content (AvgIpc) is 2.39. The van der Waals surface area contributed by atoms with Crippen LogP contribution in [-0.2, 0) is 0 Å². The van der Waals surface area contributed by atoms with Crippen molar-refractivity contribution in [1.29, 1.82) is 0 Å². The third-order valence-corrected chi connectivity index (χ3v) is 2.69. The molecule has 0 radical (unpaired) electrons. The molecule has 0 fully saturated rings. The first-order chi connectivity index (χ1) is 7.81. The standard InChI is InChI=1S/C14H14N2/c1-3-12-4-9-16-14(10-12)11(2)13-5-7-15-8-6-13/h3-11H,1H2,2H3. The van der Waals surface area contributed by atoms with Gasteiger partial charge in [-0.3, -0.25) is 9.97 Å². The van der Waals surface area contributed by atoms with Gasteiger partial charge in [-0.15, -0.1) is 0 Å². The van der Waals surface area contributed by atoms with Gasteiger partial charge in [-0.1, -0.05) is 19.6 Å². The van der Waals surface area contributed by atoms with Gasteiger partial charge in [0.05, 0.1) is 0 Å². The molecule has 2 rings (SSSR count). The van der Waals surface area contributed by atoms with Gasteiger partial charge in [0.1, 0.15) is 0 Å². The van der Waals surface area contributed by atoms with E-state index in [-0.39, 0.29) is 5.92 Å². The molecular weight excluding hydrogens is 196 g/mol. The minimum absolute atomic E-state index is 0.280. The molecule has 0 bridgehead atoms. The van der Waals surface area contributed by atoms with Gasteiger partial charge in [-0.2, -0.15) is 0 Å². The van der Waals surface area contributed by atoms with E-state index in [0.29, 0.717) is 0 Å². The fourth-order valence-electron chi connectivity index (χ4n) is 1.65. The first-order valence-electron chi connectivity index (χ1n) is 5.29. The summed E-state index contributed by atoms with van der Waals surface area (Å²) < 4.78 is 0. The molecule has 0 aliphatic rings. The van der Waals surface area contributed by atoms with Gasteiger partial charge in [0, 0.05) is 30.2 Å². The zero-order chi connectivity index (χ0) is 11.4. The molecule has 16 heavy (non-hydrogen) atoms. The Bertz CT molecular complexity index is 477. The first kappa shape index (κ1) is 10.6. The molecule has 2 aromatic heterocycles. The van der Waals surface area contributed by atoms with Crippen molar-refractivity contribution >= 4 is 6.08 Å². The summed E-state index contributed by atoms with van der Waals surface area (Å²) in [5.41, 5.74) is 3.39. The van der Waals surface area contributed by atoms with Crippen LogP contribution >= 0.6 is 0 Å². The van der Waals surface area contributed by atoms with E-state index in [1.54, 1.807) is 0 Å². The molecule has 0 saturated heterocycles. The molecule has 1 unspecified atom stereocenters. The summed E-state index contributed by atoms with van der Waals surface area (Å²) in [7, 11) is 0. The highest BCUT2D eigenvalue weighted by molar-refractivity contribution is 5.47. The van der Waals surface area contributed by atoms with E-state index in [9.17, 15) is 0 Å². The molecule has 0 aliphatic heterocycles. The van der Waals surface area contributed by atoms with Crippen molar-refractivity contribution in [2.45, 2.75) is 12.8 Å². The molecule has 2 heterocycles. The summed E-state index contributed by atoms with van der Waals surface area (Å²) in [6.45, 7) is 5.91. The van der Waals surface area contributed by atoms with Gasteiger partial charge in [0.15, 0.2) is 0 Å². The summed E-state index contributed by atoms with van der Waals surface area (Å²) in [5.74, 6) is 0.280. The Kier molecular flexibility index (Phi) is 3.10. The second kappa shape index (κ2) is 4.71. The monoisotopic (exact) mass is 210 g/mol.